The molecule has 3 nitrogen and oxygen atoms in total. The quantitative estimate of drug-likeness (QED) is 0.837. The molecular formula is C17H27FN2O. The Morgan fingerprint density at radius 1 is 1.19 bits per heavy atom. The van der Waals surface area contributed by atoms with Crippen molar-refractivity contribution in [2.24, 2.45) is 5.92 Å². The zero-order valence-corrected chi connectivity index (χ0v) is 13.1. The van der Waals surface area contributed by atoms with Crippen LogP contribution in [0.15, 0.2) is 24.3 Å². The Labute approximate surface area is 127 Å². The van der Waals surface area contributed by atoms with E-state index in [0.717, 1.165) is 45.0 Å². The van der Waals surface area contributed by atoms with Crippen LogP contribution in [0.25, 0.3) is 0 Å². The number of hydrogen-bond donors (Lipinski definition) is 1. The minimum atomic E-state index is -0.176. The first-order valence-corrected chi connectivity index (χ1v) is 7.92. The van der Waals surface area contributed by atoms with E-state index in [0.29, 0.717) is 12.0 Å². The highest BCUT2D eigenvalue weighted by Crippen LogP contribution is 2.13. The molecule has 1 unspecified atom stereocenters. The molecule has 1 N–H and O–H groups in total. The predicted octanol–water partition coefficient (Wildman–Crippen LogP) is 2.66. The summed E-state index contributed by atoms with van der Waals surface area (Å²) in [6, 6.07) is 7.27. The standard InChI is InChI=1S/C17H27FN2O/c1-14(2)11-17(20-7-9-21-10-8-20)13-19-12-15-3-5-16(18)6-4-15/h3-6,14,17,19H,7-13H2,1-2H3. The highest BCUT2D eigenvalue weighted by molar-refractivity contribution is 5.15. The van der Waals surface area contributed by atoms with E-state index in [2.05, 4.69) is 24.1 Å². The average molecular weight is 294 g/mol. The van der Waals surface area contributed by atoms with Crippen LogP contribution in [0.2, 0.25) is 0 Å². The average Bonchev–Trinajstić information content (AvgIpc) is 2.49. The van der Waals surface area contributed by atoms with Gasteiger partial charge in [-0.15, -0.1) is 0 Å². The summed E-state index contributed by atoms with van der Waals surface area (Å²) in [6.07, 6.45) is 1.19. The van der Waals surface area contributed by atoms with Gasteiger partial charge in [0.2, 0.25) is 0 Å². The Balaban J connectivity index is 1.81. The molecule has 0 spiro atoms. The van der Waals surface area contributed by atoms with Gasteiger partial charge in [-0.25, -0.2) is 4.39 Å². The number of benzene rings is 1. The molecule has 1 aliphatic heterocycles. The molecule has 0 bridgehead atoms. The molecule has 1 aromatic carbocycles. The zero-order chi connectivity index (χ0) is 15.1. The number of halogens is 1. The SMILES string of the molecule is CC(C)CC(CNCc1ccc(F)cc1)N1CCOCC1. The van der Waals surface area contributed by atoms with Crippen molar-refractivity contribution < 1.29 is 9.13 Å². The van der Waals surface area contributed by atoms with Crippen molar-refractivity contribution in [1.82, 2.24) is 10.2 Å². The molecule has 1 saturated heterocycles. The normalized spacial score (nSPS) is 18.1. The third-order valence-electron chi connectivity index (χ3n) is 3.93. The molecule has 0 radical (unpaired) electrons. The topological polar surface area (TPSA) is 24.5 Å². The van der Waals surface area contributed by atoms with Crippen LogP contribution in [0.4, 0.5) is 4.39 Å². The molecular weight excluding hydrogens is 267 g/mol. The van der Waals surface area contributed by atoms with Gasteiger partial charge in [0.1, 0.15) is 5.82 Å². The van der Waals surface area contributed by atoms with Gasteiger partial charge >= 0.3 is 0 Å². The summed E-state index contributed by atoms with van der Waals surface area (Å²) in [5.41, 5.74) is 1.13. The Morgan fingerprint density at radius 3 is 2.48 bits per heavy atom. The Bertz CT molecular complexity index is 402. The van der Waals surface area contributed by atoms with Gasteiger partial charge in [-0.3, -0.25) is 4.90 Å². The molecule has 21 heavy (non-hydrogen) atoms. The molecule has 2 rings (SSSR count). The van der Waals surface area contributed by atoms with Gasteiger partial charge in [-0.05, 0) is 30.0 Å². The second kappa shape index (κ2) is 8.47. The van der Waals surface area contributed by atoms with Gasteiger partial charge in [0, 0.05) is 32.2 Å². The van der Waals surface area contributed by atoms with Gasteiger partial charge in [-0.1, -0.05) is 26.0 Å². The lowest BCUT2D eigenvalue weighted by Gasteiger charge is -2.35. The van der Waals surface area contributed by atoms with Crippen LogP contribution in [0.5, 0.6) is 0 Å². The van der Waals surface area contributed by atoms with Crippen molar-refractivity contribution in [3.8, 4) is 0 Å². The molecule has 0 aliphatic carbocycles. The summed E-state index contributed by atoms with van der Waals surface area (Å²) >= 11 is 0. The fourth-order valence-corrected chi connectivity index (χ4v) is 2.83. The van der Waals surface area contributed by atoms with Gasteiger partial charge in [0.25, 0.3) is 0 Å². The number of rotatable bonds is 7. The molecule has 1 fully saturated rings. The second-order valence-electron chi connectivity index (χ2n) is 6.19. The van der Waals surface area contributed by atoms with Crippen LogP contribution in [0, 0.1) is 11.7 Å². The lowest BCUT2D eigenvalue weighted by Crippen LogP contribution is -2.48. The minimum absolute atomic E-state index is 0.176. The van der Waals surface area contributed by atoms with Crippen molar-refractivity contribution in [2.75, 3.05) is 32.8 Å². The summed E-state index contributed by atoms with van der Waals surface area (Å²) in [5, 5.41) is 3.52. The van der Waals surface area contributed by atoms with Crippen LogP contribution in [-0.2, 0) is 11.3 Å². The second-order valence-corrected chi connectivity index (χ2v) is 6.19. The van der Waals surface area contributed by atoms with Gasteiger partial charge in [0.05, 0.1) is 13.2 Å². The van der Waals surface area contributed by atoms with Crippen molar-refractivity contribution in [2.45, 2.75) is 32.9 Å². The van der Waals surface area contributed by atoms with Crippen molar-refractivity contribution in [3.05, 3.63) is 35.6 Å². The minimum Gasteiger partial charge on any atom is -0.379 e. The number of hydrogen-bond acceptors (Lipinski definition) is 3. The lowest BCUT2D eigenvalue weighted by molar-refractivity contribution is 0.0123. The molecule has 0 amide bonds. The van der Waals surface area contributed by atoms with E-state index < -0.39 is 0 Å². The summed E-state index contributed by atoms with van der Waals surface area (Å²) in [4.78, 5) is 2.53. The lowest BCUT2D eigenvalue weighted by atomic mass is 10.0. The van der Waals surface area contributed by atoms with Crippen LogP contribution in [0.1, 0.15) is 25.8 Å². The van der Waals surface area contributed by atoms with E-state index in [1.165, 1.54) is 18.6 Å². The van der Waals surface area contributed by atoms with E-state index in [1.54, 1.807) is 0 Å². The van der Waals surface area contributed by atoms with Crippen LogP contribution in [0.3, 0.4) is 0 Å². The molecule has 0 saturated carbocycles. The molecule has 1 aliphatic rings. The maximum absolute atomic E-state index is 12.9. The molecule has 4 heteroatoms. The fourth-order valence-electron chi connectivity index (χ4n) is 2.83. The molecule has 0 aromatic heterocycles. The Kier molecular flexibility index (Phi) is 6.61. The maximum atomic E-state index is 12.9. The number of morpholine rings is 1. The van der Waals surface area contributed by atoms with Crippen LogP contribution < -0.4 is 5.32 Å². The molecule has 1 heterocycles. The van der Waals surface area contributed by atoms with Crippen molar-refractivity contribution >= 4 is 0 Å². The number of nitrogens with one attached hydrogen (secondary N) is 1. The van der Waals surface area contributed by atoms with E-state index in [1.807, 2.05) is 12.1 Å². The highest BCUT2D eigenvalue weighted by atomic mass is 19.1. The van der Waals surface area contributed by atoms with Gasteiger partial charge < -0.3 is 10.1 Å². The van der Waals surface area contributed by atoms with Crippen molar-refractivity contribution in [3.63, 3.8) is 0 Å². The van der Waals surface area contributed by atoms with E-state index in [-0.39, 0.29) is 5.82 Å². The van der Waals surface area contributed by atoms with E-state index in [9.17, 15) is 4.39 Å². The molecule has 1 atom stereocenters. The maximum Gasteiger partial charge on any atom is 0.123 e. The number of nitrogens with zero attached hydrogens (tertiary/aromatic N) is 1. The monoisotopic (exact) mass is 294 g/mol. The zero-order valence-electron chi connectivity index (χ0n) is 13.1. The summed E-state index contributed by atoms with van der Waals surface area (Å²) in [7, 11) is 0. The predicted molar refractivity (Wildman–Crippen MR) is 83.7 cm³/mol. The number of ether oxygens (including phenoxy) is 1. The first-order chi connectivity index (χ1) is 10.1. The highest BCUT2D eigenvalue weighted by Gasteiger charge is 2.21. The third-order valence-corrected chi connectivity index (χ3v) is 3.93. The smallest absolute Gasteiger partial charge is 0.123 e. The largest absolute Gasteiger partial charge is 0.379 e. The summed E-state index contributed by atoms with van der Waals surface area (Å²) < 4.78 is 18.3. The molecule has 1 aromatic rings. The fraction of sp³-hybridized carbons (Fsp3) is 0.647. The van der Waals surface area contributed by atoms with Gasteiger partial charge in [0.15, 0.2) is 0 Å². The third kappa shape index (κ3) is 5.73. The molecule has 118 valence electrons. The summed E-state index contributed by atoms with van der Waals surface area (Å²) in [6.45, 7) is 10.0. The van der Waals surface area contributed by atoms with E-state index >= 15 is 0 Å². The summed E-state index contributed by atoms with van der Waals surface area (Å²) in [5.74, 6) is 0.509. The van der Waals surface area contributed by atoms with Crippen LogP contribution >= 0.6 is 0 Å². The first-order valence-electron chi connectivity index (χ1n) is 7.92. The van der Waals surface area contributed by atoms with Crippen molar-refractivity contribution in [1.29, 1.82) is 0 Å². The Hall–Kier alpha value is -0.970. The first kappa shape index (κ1) is 16.4. The van der Waals surface area contributed by atoms with E-state index in [4.69, 9.17) is 4.74 Å². The Morgan fingerprint density at radius 2 is 1.86 bits per heavy atom. The van der Waals surface area contributed by atoms with Crippen LogP contribution in [-0.4, -0.2) is 43.8 Å². The van der Waals surface area contributed by atoms with Gasteiger partial charge in [-0.2, -0.15) is 0 Å².